The van der Waals surface area contributed by atoms with Crippen molar-refractivity contribution in [2.45, 2.75) is 20.0 Å². The topological polar surface area (TPSA) is 9.23 Å². The lowest BCUT2D eigenvalue weighted by Crippen LogP contribution is -1.95. The molecule has 3 aromatic carbocycles. The molecule has 0 unspecified atom stereocenters. The first kappa shape index (κ1) is 14.4. The maximum absolute atomic E-state index is 5.84. The highest BCUT2D eigenvalue weighted by molar-refractivity contribution is 5.31. The van der Waals surface area contributed by atoms with Crippen LogP contribution in [0.2, 0.25) is 0 Å². The van der Waals surface area contributed by atoms with E-state index in [1.54, 1.807) is 0 Å². The van der Waals surface area contributed by atoms with E-state index in [9.17, 15) is 0 Å². The molecule has 0 saturated heterocycles. The van der Waals surface area contributed by atoms with Gasteiger partial charge in [0.1, 0.15) is 12.4 Å². The van der Waals surface area contributed by atoms with E-state index in [4.69, 9.17) is 4.74 Å². The van der Waals surface area contributed by atoms with E-state index in [0.29, 0.717) is 6.61 Å². The van der Waals surface area contributed by atoms with Gasteiger partial charge < -0.3 is 4.74 Å². The van der Waals surface area contributed by atoms with Gasteiger partial charge in [0.2, 0.25) is 0 Å². The van der Waals surface area contributed by atoms with Crippen molar-refractivity contribution in [3.63, 3.8) is 0 Å². The molecule has 0 atom stereocenters. The third kappa shape index (κ3) is 3.98. The van der Waals surface area contributed by atoms with Crippen LogP contribution in [0.5, 0.6) is 5.75 Å². The molecule has 0 heterocycles. The van der Waals surface area contributed by atoms with E-state index in [1.807, 2.05) is 18.2 Å². The predicted molar refractivity (Wildman–Crippen MR) is 91.2 cm³/mol. The maximum atomic E-state index is 5.84. The molecule has 0 N–H and O–H groups in total. The van der Waals surface area contributed by atoms with Crippen LogP contribution in [0.4, 0.5) is 0 Å². The fourth-order valence-corrected chi connectivity index (χ4v) is 2.39. The molecule has 3 rings (SSSR count). The fraction of sp³-hybridized carbons (Fsp3) is 0.143. The first-order valence-corrected chi connectivity index (χ1v) is 7.61. The van der Waals surface area contributed by atoms with E-state index in [0.717, 1.165) is 12.2 Å². The number of hydrogen-bond donors (Lipinski definition) is 0. The van der Waals surface area contributed by atoms with Gasteiger partial charge >= 0.3 is 0 Å². The van der Waals surface area contributed by atoms with Gasteiger partial charge in [-0.2, -0.15) is 0 Å². The fourth-order valence-electron chi connectivity index (χ4n) is 2.39. The highest BCUT2D eigenvalue weighted by Gasteiger charge is 1.99. The standard InChI is InChI=1S/C21H20O/c1-17-7-9-20(10-8-17)16-22-21-13-11-19(12-14-21)15-18-5-3-2-4-6-18/h2-14H,15-16H2,1H3. The van der Waals surface area contributed by atoms with Crippen LogP contribution in [0.3, 0.4) is 0 Å². The Kier molecular flexibility index (Phi) is 4.55. The average molecular weight is 288 g/mol. The van der Waals surface area contributed by atoms with Crippen molar-refractivity contribution in [1.29, 1.82) is 0 Å². The lowest BCUT2D eigenvalue weighted by molar-refractivity contribution is 0.306. The summed E-state index contributed by atoms with van der Waals surface area (Å²) in [5.41, 5.74) is 5.10. The minimum Gasteiger partial charge on any atom is -0.489 e. The van der Waals surface area contributed by atoms with Crippen molar-refractivity contribution >= 4 is 0 Å². The van der Waals surface area contributed by atoms with Gasteiger partial charge in [-0.3, -0.25) is 0 Å². The molecule has 110 valence electrons. The van der Waals surface area contributed by atoms with Crippen LogP contribution in [0, 0.1) is 6.92 Å². The summed E-state index contributed by atoms with van der Waals surface area (Å²) in [5, 5.41) is 0. The molecular weight excluding hydrogens is 268 g/mol. The lowest BCUT2D eigenvalue weighted by Gasteiger charge is -2.08. The van der Waals surface area contributed by atoms with Crippen LogP contribution in [0.15, 0.2) is 78.9 Å². The zero-order valence-electron chi connectivity index (χ0n) is 12.8. The number of rotatable bonds is 5. The number of hydrogen-bond acceptors (Lipinski definition) is 1. The number of benzene rings is 3. The van der Waals surface area contributed by atoms with Gasteiger partial charge in [-0.1, -0.05) is 72.3 Å². The molecule has 0 amide bonds. The normalized spacial score (nSPS) is 10.4. The van der Waals surface area contributed by atoms with Crippen molar-refractivity contribution in [3.05, 3.63) is 101 Å². The van der Waals surface area contributed by atoms with E-state index >= 15 is 0 Å². The number of ether oxygens (including phenoxy) is 1. The second kappa shape index (κ2) is 6.95. The molecule has 0 fully saturated rings. The molecule has 0 spiro atoms. The van der Waals surface area contributed by atoms with Crippen LogP contribution < -0.4 is 4.74 Å². The molecule has 0 radical (unpaired) electrons. The van der Waals surface area contributed by atoms with E-state index in [1.165, 1.54) is 22.3 Å². The zero-order valence-corrected chi connectivity index (χ0v) is 12.8. The smallest absolute Gasteiger partial charge is 0.119 e. The van der Waals surface area contributed by atoms with Crippen molar-refractivity contribution in [3.8, 4) is 5.75 Å². The third-order valence-corrected chi connectivity index (χ3v) is 3.70. The highest BCUT2D eigenvalue weighted by Crippen LogP contribution is 2.16. The second-order valence-electron chi connectivity index (χ2n) is 5.58. The molecular formula is C21H20O. The Hall–Kier alpha value is -2.54. The van der Waals surface area contributed by atoms with Crippen LogP contribution in [-0.2, 0) is 13.0 Å². The third-order valence-electron chi connectivity index (χ3n) is 3.70. The molecule has 0 aliphatic rings. The summed E-state index contributed by atoms with van der Waals surface area (Å²) in [7, 11) is 0. The summed E-state index contributed by atoms with van der Waals surface area (Å²) < 4.78 is 5.84. The first-order chi connectivity index (χ1) is 10.8. The molecule has 22 heavy (non-hydrogen) atoms. The lowest BCUT2D eigenvalue weighted by atomic mass is 10.1. The molecule has 0 aliphatic carbocycles. The Morgan fingerprint density at radius 1 is 0.636 bits per heavy atom. The molecule has 0 aliphatic heterocycles. The molecule has 3 aromatic rings. The molecule has 0 bridgehead atoms. The van der Waals surface area contributed by atoms with Crippen molar-refractivity contribution in [2.75, 3.05) is 0 Å². The SMILES string of the molecule is Cc1ccc(COc2ccc(Cc3ccccc3)cc2)cc1. The molecule has 0 aromatic heterocycles. The number of aryl methyl sites for hydroxylation is 1. The molecule has 1 nitrogen and oxygen atoms in total. The summed E-state index contributed by atoms with van der Waals surface area (Å²) >= 11 is 0. The van der Waals surface area contributed by atoms with Crippen molar-refractivity contribution in [2.24, 2.45) is 0 Å². The largest absolute Gasteiger partial charge is 0.489 e. The summed E-state index contributed by atoms with van der Waals surface area (Å²) in [6.07, 6.45) is 0.957. The van der Waals surface area contributed by atoms with Gasteiger partial charge in [-0.25, -0.2) is 0 Å². The van der Waals surface area contributed by atoms with Crippen LogP contribution >= 0.6 is 0 Å². The van der Waals surface area contributed by atoms with Crippen LogP contribution in [0.25, 0.3) is 0 Å². The van der Waals surface area contributed by atoms with Gasteiger partial charge in [-0.15, -0.1) is 0 Å². The van der Waals surface area contributed by atoms with Gasteiger partial charge in [0.05, 0.1) is 0 Å². The molecule has 1 heteroatoms. The second-order valence-corrected chi connectivity index (χ2v) is 5.58. The quantitative estimate of drug-likeness (QED) is 0.629. The Morgan fingerprint density at radius 2 is 1.23 bits per heavy atom. The minimum absolute atomic E-state index is 0.609. The average Bonchev–Trinajstić information content (AvgIpc) is 2.57. The van der Waals surface area contributed by atoms with Crippen LogP contribution in [0.1, 0.15) is 22.3 Å². The Balaban J connectivity index is 1.58. The minimum atomic E-state index is 0.609. The summed E-state index contributed by atoms with van der Waals surface area (Å²) in [5.74, 6) is 0.914. The van der Waals surface area contributed by atoms with Gasteiger partial charge in [0.25, 0.3) is 0 Å². The Bertz CT molecular complexity index is 697. The predicted octanol–water partition coefficient (Wildman–Crippen LogP) is 5.16. The Labute approximate surface area is 132 Å². The van der Waals surface area contributed by atoms with Crippen molar-refractivity contribution < 1.29 is 4.74 Å². The maximum Gasteiger partial charge on any atom is 0.119 e. The van der Waals surface area contributed by atoms with E-state index < -0.39 is 0 Å². The van der Waals surface area contributed by atoms with Crippen LogP contribution in [-0.4, -0.2) is 0 Å². The van der Waals surface area contributed by atoms with Gasteiger partial charge in [0.15, 0.2) is 0 Å². The van der Waals surface area contributed by atoms with Gasteiger partial charge in [-0.05, 0) is 42.2 Å². The highest BCUT2D eigenvalue weighted by atomic mass is 16.5. The Morgan fingerprint density at radius 3 is 1.91 bits per heavy atom. The first-order valence-electron chi connectivity index (χ1n) is 7.61. The summed E-state index contributed by atoms with van der Waals surface area (Å²) in [4.78, 5) is 0. The monoisotopic (exact) mass is 288 g/mol. The van der Waals surface area contributed by atoms with E-state index in [2.05, 4.69) is 67.6 Å². The zero-order chi connectivity index (χ0) is 15.2. The summed E-state index contributed by atoms with van der Waals surface area (Å²) in [6, 6.07) is 27.3. The summed E-state index contributed by atoms with van der Waals surface area (Å²) in [6.45, 7) is 2.70. The van der Waals surface area contributed by atoms with Gasteiger partial charge in [0, 0.05) is 0 Å². The van der Waals surface area contributed by atoms with E-state index in [-0.39, 0.29) is 0 Å². The van der Waals surface area contributed by atoms with Crippen molar-refractivity contribution in [1.82, 2.24) is 0 Å². The molecule has 0 saturated carbocycles.